The van der Waals surface area contributed by atoms with Crippen LogP contribution in [0.5, 0.6) is 0 Å². The molecule has 94 valence electrons. The Morgan fingerprint density at radius 1 is 1.44 bits per heavy atom. The largest absolute Gasteiger partial charge is 0.383 e. The van der Waals surface area contributed by atoms with Gasteiger partial charge in [0.1, 0.15) is 11.5 Å². The first-order valence-corrected chi connectivity index (χ1v) is 5.93. The van der Waals surface area contributed by atoms with Gasteiger partial charge in [0.2, 0.25) is 0 Å². The molecule has 2 heterocycles. The topological polar surface area (TPSA) is 84.7 Å². The van der Waals surface area contributed by atoms with E-state index in [1.807, 2.05) is 26.0 Å². The minimum atomic E-state index is -0.178. The predicted octanol–water partition coefficient (Wildman–Crippen LogP) is 1.68. The lowest BCUT2D eigenvalue weighted by molar-refractivity contribution is 0.890. The molecule has 2 aromatic heterocycles. The first kappa shape index (κ1) is 12.3. The first-order chi connectivity index (χ1) is 8.61. The maximum absolute atomic E-state index is 11.9. The summed E-state index contributed by atoms with van der Waals surface area (Å²) in [6.45, 7) is 3.95. The number of anilines is 1. The number of nitrogen functional groups attached to an aromatic ring is 1. The number of hydrogen-bond acceptors (Lipinski definition) is 4. The molecule has 0 saturated carbocycles. The molecule has 0 amide bonds. The Balaban J connectivity index is 2.51. The molecule has 0 saturated heterocycles. The van der Waals surface area contributed by atoms with E-state index in [0.29, 0.717) is 29.3 Å². The third-order valence-electron chi connectivity index (χ3n) is 2.71. The first-order valence-electron chi connectivity index (χ1n) is 5.93. The Morgan fingerprint density at radius 2 is 2.22 bits per heavy atom. The van der Waals surface area contributed by atoms with Crippen molar-refractivity contribution in [3.8, 4) is 11.5 Å². The molecule has 0 aliphatic carbocycles. The zero-order valence-electron chi connectivity index (χ0n) is 10.5. The van der Waals surface area contributed by atoms with Crippen LogP contribution in [-0.2, 0) is 6.42 Å². The number of aryl methyl sites for hydroxylation is 1. The van der Waals surface area contributed by atoms with E-state index in [4.69, 9.17) is 5.73 Å². The van der Waals surface area contributed by atoms with Crippen LogP contribution in [-0.4, -0.2) is 15.0 Å². The number of pyridine rings is 1. The fourth-order valence-corrected chi connectivity index (χ4v) is 1.79. The molecule has 3 N–H and O–H groups in total. The van der Waals surface area contributed by atoms with Gasteiger partial charge in [-0.15, -0.1) is 0 Å². The SMILES string of the molecule is CCCc1c(N)nc(-c2cc(C)ccn2)[nH]c1=O. The van der Waals surface area contributed by atoms with Gasteiger partial charge in [0.05, 0.1) is 5.56 Å². The normalized spacial score (nSPS) is 10.6. The van der Waals surface area contributed by atoms with Crippen molar-refractivity contribution in [3.05, 3.63) is 39.8 Å². The van der Waals surface area contributed by atoms with Gasteiger partial charge in [0.25, 0.3) is 5.56 Å². The third-order valence-corrected chi connectivity index (χ3v) is 2.71. The summed E-state index contributed by atoms with van der Waals surface area (Å²) in [4.78, 5) is 23.0. The lowest BCUT2D eigenvalue weighted by Gasteiger charge is -2.06. The van der Waals surface area contributed by atoms with Crippen molar-refractivity contribution in [1.29, 1.82) is 0 Å². The summed E-state index contributed by atoms with van der Waals surface area (Å²) in [5.74, 6) is 0.708. The molecule has 0 fully saturated rings. The van der Waals surface area contributed by atoms with Gasteiger partial charge in [-0.05, 0) is 31.0 Å². The molecule has 0 unspecified atom stereocenters. The number of nitrogens with two attached hydrogens (primary N) is 1. The highest BCUT2D eigenvalue weighted by atomic mass is 16.1. The molecular formula is C13H16N4O. The van der Waals surface area contributed by atoms with Crippen LogP contribution in [0.4, 0.5) is 5.82 Å². The van der Waals surface area contributed by atoms with Crippen LogP contribution in [0.3, 0.4) is 0 Å². The predicted molar refractivity (Wildman–Crippen MR) is 71.2 cm³/mol. The number of hydrogen-bond donors (Lipinski definition) is 2. The standard InChI is InChI=1S/C13H16N4O/c1-3-4-9-11(14)16-12(17-13(9)18)10-7-8(2)5-6-15-10/h5-7H,3-4H2,1-2H3,(H3,14,16,17,18). The van der Waals surface area contributed by atoms with Crippen LogP contribution in [0.15, 0.2) is 23.1 Å². The number of nitrogens with zero attached hydrogens (tertiary/aromatic N) is 2. The van der Waals surface area contributed by atoms with E-state index in [1.165, 1.54) is 0 Å². The van der Waals surface area contributed by atoms with E-state index in [-0.39, 0.29) is 5.56 Å². The molecule has 0 spiro atoms. The van der Waals surface area contributed by atoms with Crippen LogP contribution >= 0.6 is 0 Å². The average molecular weight is 244 g/mol. The fraction of sp³-hybridized carbons (Fsp3) is 0.308. The highest BCUT2D eigenvalue weighted by molar-refractivity contribution is 5.53. The summed E-state index contributed by atoms with van der Waals surface area (Å²) < 4.78 is 0. The summed E-state index contributed by atoms with van der Waals surface area (Å²) in [6.07, 6.45) is 3.17. The van der Waals surface area contributed by atoms with Crippen molar-refractivity contribution in [1.82, 2.24) is 15.0 Å². The zero-order valence-corrected chi connectivity index (χ0v) is 10.5. The van der Waals surface area contributed by atoms with E-state index in [9.17, 15) is 4.79 Å². The van der Waals surface area contributed by atoms with Crippen molar-refractivity contribution in [2.45, 2.75) is 26.7 Å². The zero-order chi connectivity index (χ0) is 13.1. The van der Waals surface area contributed by atoms with Crippen LogP contribution in [0.1, 0.15) is 24.5 Å². The number of rotatable bonds is 3. The molecule has 5 nitrogen and oxygen atoms in total. The van der Waals surface area contributed by atoms with Gasteiger partial charge in [-0.25, -0.2) is 4.98 Å². The minimum Gasteiger partial charge on any atom is -0.383 e. The van der Waals surface area contributed by atoms with E-state index >= 15 is 0 Å². The summed E-state index contributed by atoms with van der Waals surface area (Å²) in [5.41, 5.74) is 7.88. The molecule has 0 aromatic carbocycles. The van der Waals surface area contributed by atoms with E-state index in [0.717, 1.165) is 12.0 Å². The highest BCUT2D eigenvalue weighted by Gasteiger charge is 2.10. The Bertz CT molecular complexity index is 619. The molecule has 0 radical (unpaired) electrons. The molecule has 2 rings (SSSR count). The molecule has 0 atom stereocenters. The lowest BCUT2D eigenvalue weighted by Crippen LogP contribution is -2.18. The van der Waals surface area contributed by atoms with E-state index in [2.05, 4.69) is 15.0 Å². The van der Waals surface area contributed by atoms with E-state index < -0.39 is 0 Å². The van der Waals surface area contributed by atoms with Crippen LogP contribution in [0, 0.1) is 6.92 Å². The van der Waals surface area contributed by atoms with Gasteiger partial charge in [-0.3, -0.25) is 9.78 Å². The molecule has 0 bridgehead atoms. The van der Waals surface area contributed by atoms with Crippen molar-refractivity contribution in [2.24, 2.45) is 0 Å². The van der Waals surface area contributed by atoms with Crippen molar-refractivity contribution in [3.63, 3.8) is 0 Å². The Labute approximate surface area is 105 Å². The maximum atomic E-state index is 11.9. The van der Waals surface area contributed by atoms with Crippen molar-refractivity contribution in [2.75, 3.05) is 5.73 Å². The minimum absolute atomic E-state index is 0.178. The van der Waals surface area contributed by atoms with Crippen molar-refractivity contribution < 1.29 is 0 Å². The monoisotopic (exact) mass is 244 g/mol. The van der Waals surface area contributed by atoms with Crippen molar-refractivity contribution >= 4 is 5.82 Å². The van der Waals surface area contributed by atoms with Gasteiger partial charge in [0, 0.05) is 6.20 Å². The Morgan fingerprint density at radius 3 is 2.83 bits per heavy atom. The van der Waals surface area contributed by atoms with Gasteiger partial charge >= 0.3 is 0 Å². The molecular weight excluding hydrogens is 228 g/mol. The van der Waals surface area contributed by atoms with Crippen LogP contribution in [0.2, 0.25) is 0 Å². The number of nitrogens with one attached hydrogen (secondary N) is 1. The Hall–Kier alpha value is -2.17. The highest BCUT2D eigenvalue weighted by Crippen LogP contribution is 2.14. The summed E-state index contributed by atoms with van der Waals surface area (Å²) in [7, 11) is 0. The maximum Gasteiger partial charge on any atom is 0.256 e. The summed E-state index contributed by atoms with van der Waals surface area (Å²) >= 11 is 0. The average Bonchev–Trinajstić information content (AvgIpc) is 2.33. The molecule has 0 aliphatic heterocycles. The summed E-state index contributed by atoms with van der Waals surface area (Å²) in [5, 5.41) is 0. The third kappa shape index (κ3) is 2.40. The van der Waals surface area contributed by atoms with Crippen LogP contribution < -0.4 is 11.3 Å². The fourth-order valence-electron chi connectivity index (χ4n) is 1.79. The lowest BCUT2D eigenvalue weighted by atomic mass is 10.2. The van der Waals surface area contributed by atoms with Gasteiger partial charge in [-0.1, -0.05) is 13.3 Å². The summed E-state index contributed by atoms with van der Waals surface area (Å²) in [6, 6.07) is 3.74. The number of aromatic nitrogens is 3. The van der Waals surface area contributed by atoms with E-state index in [1.54, 1.807) is 6.20 Å². The second kappa shape index (κ2) is 5.00. The van der Waals surface area contributed by atoms with Gasteiger partial charge in [-0.2, -0.15) is 0 Å². The quantitative estimate of drug-likeness (QED) is 0.860. The van der Waals surface area contributed by atoms with Gasteiger partial charge < -0.3 is 10.7 Å². The molecule has 18 heavy (non-hydrogen) atoms. The second-order valence-electron chi connectivity index (χ2n) is 4.25. The number of aromatic amines is 1. The second-order valence-corrected chi connectivity index (χ2v) is 4.25. The number of H-pyrrole nitrogens is 1. The molecule has 0 aliphatic rings. The smallest absolute Gasteiger partial charge is 0.256 e. The molecule has 5 heteroatoms. The van der Waals surface area contributed by atoms with Crippen LogP contribution in [0.25, 0.3) is 11.5 Å². The van der Waals surface area contributed by atoms with Gasteiger partial charge in [0.15, 0.2) is 5.82 Å². The molecule has 2 aromatic rings. The Kier molecular flexibility index (Phi) is 3.41.